The summed E-state index contributed by atoms with van der Waals surface area (Å²) in [4.78, 5) is 21.8. The van der Waals surface area contributed by atoms with Crippen molar-refractivity contribution in [3.8, 4) is 21.8 Å². The van der Waals surface area contributed by atoms with E-state index in [4.69, 9.17) is 0 Å². The highest BCUT2D eigenvalue weighted by Gasteiger charge is 2.32. The Bertz CT molecular complexity index is 1060. The maximum absolute atomic E-state index is 12.2. The smallest absolute Gasteiger partial charge is 0.224 e. The summed E-state index contributed by atoms with van der Waals surface area (Å²) >= 11 is 1.60. The minimum absolute atomic E-state index is 0.0577. The van der Waals surface area contributed by atoms with E-state index < -0.39 is 15.8 Å². The Kier molecular flexibility index (Phi) is 5.23. The lowest BCUT2D eigenvalue weighted by molar-refractivity contribution is -0.124. The van der Waals surface area contributed by atoms with Crippen LogP contribution in [0.5, 0.6) is 0 Å². The van der Waals surface area contributed by atoms with Crippen LogP contribution in [0.4, 0.5) is 0 Å². The lowest BCUT2D eigenvalue weighted by Gasteiger charge is -2.11. The molecule has 1 N–H and O–H groups in total. The molecule has 3 aromatic heterocycles. The summed E-state index contributed by atoms with van der Waals surface area (Å²) in [6.45, 7) is 0.841. The van der Waals surface area contributed by atoms with Gasteiger partial charge in [0.25, 0.3) is 0 Å². The monoisotopic (exact) mass is 417 g/mol. The Labute approximate surface area is 166 Å². The van der Waals surface area contributed by atoms with E-state index in [-0.39, 0.29) is 17.4 Å². The van der Waals surface area contributed by atoms with E-state index in [0.29, 0.717) is 19.5 Å². The number of nitrogens with zero attached hydrogens (tertiary/aromatic N) is 4. The molecule has 0 radical (unpaired) electrons. The number of carbonyl (C=O) groups excluding carboxylic acids is 1. The van der Waals surface area contributed by atoms with Crippen molar-refractivity contribution in [1.29, 1.82) is 0 Å². The topological polar surface area (TPSA) is 107 Å². The molecule has 0 aromatic carbocycles. The number of rotatable bonds is 6. The molecule has 1 saturated heterocycles. The summed E-state index contributed by atoms with van der Waals surface area (Å²) in [5.74, 6) is -0.624. The highest BCUT2D eigenvalue weighted by atomic mass is 32.2. The van der Waals surface area contributed by atoms with Gasteiger partial charge in [0.1, 0.15) is 0 Å². The van der Waals surface area contributed by atoms with Crippen LogP contribution >= 0.6 is 11.3 Å². The molecule has 146 valence electrons. The van der Waals surface area contributed by atoms with Gasteiger partial charge in [-0.15, -0.1) is 11.3 Å². The van der Waals surface area contributed by atoms with Gasteiger partial charge in [0.2, 0.25) is 5.91 Å². The fraction of sp³-hybridized carbons (Fsp3) is 0.333. The lowest BCUT2D eigenvalue weighted by atomic mass is 10.1. The molecule has 28 heavy (non-hydrogen) atoms. The molecule has 10 heteroatoms. The first-order chi connectivity index (χ1) is 13.5. The first-order valence-electron chi connectivity index (χ1n) is 8.88. The van der Waals surface area contributed by atoms with E-state index in [1.165, 1.54) is 0 Å². The number of amides is 1. The van der Waals surface area contributed by atoms with Crippen molar-refractivity contribution in [3.63, 3.8) is 0 Å². The van der Waals surface area contributed by atoms with Crippen molar-refractivity contribution in [3.05, 3.63) is 42.3 Å². The average molecular weight is 418 g/mol. The molecular weight excluding hydrogens is 398 g/mol. The fourth-order valence-electron chi connectivity index (χ4n) is 3.28. The summed E-state index contributed by atoms with van der Waals surface area (Å²) in [6.07, 6.45) is 7.11. The molecule has 1 amide bonds. The number of hydrogen-bond acceptors (Lipinski definition) is 7. The van der Waals surface area contributed by atoms with Gasteiger partial charge in [0.15, 0.2) is 9.84 Å². The van der Waals surface area contributed by atoms with E-state index in [0.717, 1.165) is 21.8 Å². The van der Waals surface area contributed by atoms with Gasteiger partial charge in [-0.1, -0.05) is 6.07 Å². The van der Waals surface area contributed by atoms with Gasteiger partial charge >= 0.3 is 0 Å². The summed E-state index contributed by atoms with van der Waals surface area (Å²) in [7, 11) is -3.07. The van der Waals surface area contributed by atoms with Crippen LogP contribution in [0, 0.1) is 5.92 Å². The van der Waals surface area contributed by atoms with E-state index in [2.05, 4.69) is 20.4 Å². The van der Waals surface area contributed by atoms with Gasteiger partial charge in [-0.05, 0) is 17.9 Å². The highest BCUT2D eigenvalue weighted by molar-refractivity contribution is 7.91. The summed E-state index contributed by atoms with van der Waals surface area (Å²) in [5.41, 5.74) is 2.54. The van der Waals surface area contributed by atoms with E-state index in [1.54, 1.807) is 36.1 Å². The van der Waals surface area contributed by atoms with Crippen LogP contribution in [0.25, 0.3) is 21.8 Å². The van der Waals surface area contributed by atoms with Crippen LogP contribution in [0.2, 0.25) is 0 Å². The Morgan fingerprint density at radius 1 is 1.32 bits per heavy atom. The summed E-state index contributed by atoms with van der Waals surface area (Å²) in [5, 5.41) is 9.31. The largest absolute Gasteiger partial charge is 0.354 e. The van der Waals surface area contributed by atoms with Crippen molar-refractivity contribution in [2.75, 3.05) is 18.1 Å². The third kappa shape index (κ3) is 3.97. The van der Waals surface area contributed by atoms with Crippen molar-refractivity contribution in [2.24, 2.45) is 5.92 Å². The number of nitrogens with one attached hydrogen (secondary N) is 1. The quantitative estimate of drug-likeness (QED) is 0.653. The number of aromatic nitrogens is 4. The normalized spacial score (nSPS) is 18.2. The average Bonchev–Trinajstić information content (AvgIpc) is 3.41. The maximum Gasteiger partial charge on any atom is 0.224 e. The molecule has 3 aromatic rings. The van der Waals surface area contributed by atoms with Crippen LogP contribution in [-0.4, -0.2) is 52.1 Å². The van der Waals surface area contributed by atoms with Crippen molar-refractivity contribution in [2.45, 2.75) is 13.0 Å². The Balaban J connectivity index is 1.49. The molecule has 1 aliphatic heterocycles. The molecule has 0 aliphatic carbocycles. The van der Waals surface area contributed by atoms with E-state index in [1.807, 2.05) is 22.2 Å². The molecule has 0 bridgehead atoms. The maximum atomic E-state index is 12.2. The van der Waals surface area contributed by atoms with Crippen LogP contribution < -0.4 is 5.32 Å². The van der Waals surface area contributed by atoms with Gasteiger partial charge in [-0.2, -0.15) is 5.10 Å². The van der Waals surface area contributed by atoms with Crippen molar-refractivity contribution >= 4 is 27.1 Å². The number of hydrogen-bond donors (Lipinski definition) is 1. The summed E-state index contributed by atoms with van der Waals surface area (Å²) < 4.78 is 24.9. The zero-order chi connectivity index (χ0) is 19.6. The van der Waals surface area contributed by atoms with Crippen LogP contribution in [-0.2, 0) is 21.2 Å². The number of sulfone groups is 1. The lowest BCUT2D eigenvalue weighted by Crippen LogP contribution is -2.33. The molecule has 0 spiro atoms. The van der Waals surface area contributed by atoms with E-state index >= 15 is 0 Å². The predicted octanol–water partition coefficient (Wildman–Crippen LogP) is 1.62. The minimum Gasteiger partial charge on any atom is -0.354 e. The minimum atomic E-state index is -3.07. The molecule has 8 nitrogen and oxygen atoms in total. The molecule has 1 atom stereocenters. The third-order valence-electron chi connectivity index (χ3n) is 4.66. The standard InChI is InChI=1S/C18H19N5O3S2/c24-18(13-3-9-28(25,26)12-13)21-6-7-23-17(16-2-1-8-27-16)14(10-22-23)15-11-19-4-5-20-15/h1-2,4-5,8,10-11,13H,3,6-7,9,12H2,(H,21,24)/t13-/m0/s1. The molecule has 1 aliphatic rings. The van der Waals surface area contributed by atoms with Crippen LogP contribution in [0.15, 0.2) is 42.3 Å². The molecule has 1 fully saturated rings. The molecule has 0 unspecified atom stereocenters. The van der Waals surface area contributed by atoms with Gasteiger partial charge in [0.05, 0.1) is 52.6 Å². The van der Waals surface area contributed by atoms with Crippen molar-refractivity contribution in [1.82, 2.24) is 25.1 Å². The van der Waals surface area contributed by atoms with E-state index in [9.17, 15) is 13.2 Å². The molecule has 4 rings (SSSR count). The van der Waals surface area contributed by atoms with Crippen LogP contribution in [0.1, 0.15) is 6.42 Å². The number of carbonyl (C=O) groups is 1. The Morgan fingerprint density at radius 2 is 2.21 bits per heavy atom. The van der Waals surface area contributed by atoms with Gasteiger partial charge in [-0.25, -0.2) is 8.42 Å². The number of thiophene rings is 1. The first kappa shape index (κ1) is 18.8. The van der Waals surface area contributed by atoms with Gasteiger partial charge in [-0.3, -0.25) is 19.4 Å². The predicted molar refractivity (Wildman–Crippen MR) is 106 cm³/mol. The molecular formula is C18H19N5O3S2. The Morgan fingerprint density at radius 3 is 2.89 bits per heavy atom. The fourth-order valence-corrected chi connectivity index (χ4v) is 5.81. The Hall–Kier alpha value is -2.59. The second-order valence-corrected chi connectivity index (χ2v) is 9.77. The zero-order valence-electron chi connectivity index (χ0n) is 15.0. The van der Waals surface area contributed by atoms with Crippen molar-refractivity contribution < 1.29 is 13.2 Å². The van der Waals surface area contributed by atoms with Gasteiger partial charge in [0, 0.05) is 24.5 Å². The third-order valence-corrected chi connectivity index (χ3v) is 7.30. The molecule has 0 saturated carbocycles. The van der Waals surface area contributed by atoms with Crippen LogP contribution in [0.3, 0.4) is 0 Å². The summed E-state index contributed by atoms with van der Waals surface area (Å²) in [6, 6.07) is 3.99. The second-order valence-electron chi connectivity index (χ2n) is 6.59. The zero-order valence-corrected chi connectivity index (χ0v) is 16.6. The van der Waals surface area contributed by atoms with Gasteiger partial charge < -0.3 is 5.32 Å². The SMILES string of the molecule is O=C(NCCn1ncc(-c2cnccn2)c1-c1cccs1)[C@H]1CCS(=O)(=O)C1. The highest BCUT2D eigenvalue weighted by Crippen LogP contribution is 2.33. The molecule has 4 heterocycles. The first-order valence-corrected chi connectivity index (χ1v) is 11.6. The second kappa shape index (κ2) is 7.80.